The molecule has 0 saturated heterocycles. The number of nitrogens with zero attached hydrogens (tertiary/aromatic N) is 1. The quantitative estimate of drug-likeness (QED) is 0.101. The minimum Gasteiger partial charge on any atom is -0.497 e. The van der Waals surface area contributed by atoms with Gasteiger partial charge in [0.05, 0.1) is 45.1 Å². The average Bonchev–Trinajstić information content (AvgIpc) is 3.05. The predicted octanol–water partition coefficient (Wildman–Crippen LogP) is 4.50. The first-order valence-electron chi connectivity index (χ1n) is 12.9. The smallest absolute Gasteiger partial charge is 0.343 e. The van der Waals surface area contributed by atoms with Crippen molar-refractivity contribution in [3.05, 3.63) is 102 Å². The van der Waals surface area contributed by atoms with Crippen LogP contribution < -0.4 is 33.8 Å². The molecule has 2 N–H and O–H groups in total. The van der Waals surface area contributed by atoms with Gasteiger partial charge in [0, 0.05) is 17.3 Å². The number of hydrazone groups is 1. The van der Waals surface area contributed by atoms with E-state index in [2.05, 4.69) is 15.2 Å². The van der Waals surface area contributed by atoms with Crippen molar-refractivity contribution in [1.29, 1.82) is 0 Å². The van der Waals surface area contributed by atoms with E-state index in [4.69, 9.17) is 23.7 Å². The van der Waals surface area contributed by atoms with E-state index in [1.165, 1.54) is 77.1 Å². The number of carbonyl (C=O) groups excluding carboxylic acids is 2. The Morgan fingerprint density at radius 3 is 2.02 bits per heavy atom. The fourth-order valence-electron chi connectivity index (χ4n) is 3.84. The number of rotatable bonds is 12. The van der Waals surface area contributed by atoms with Crippen LogP contribution in [0, 0.1) is 0 Å². The molecule has 0 aliphatic heterocycles. The lowest BCUT2D eigenvalue weighted by Crippen LogP contribution is -2.19. The molecular weight excluding hydrogens is 590 g/mol. The van der Waals surface area contributed by atoms with Gasteiger partial charge in [-0.15, -0.1) is 0 Å². The molecule has 228 valence electrons. The van der Waals surface area contributed by atoms with Crippen LogP contribution in [0.15, 0.2) is 94.9 Å². The molecule has 0 radical (unpaired) electrons. The molecule has 0 saturated carbocycles. The van der Waals surface area contributed by atoms with Crippen molar-refractivity contribution in [3.63, 3.8) is 0 Å². The third-order valence-electron chi connectivity index (χ3n) is 6.11. The summed E-state index contributed by atoms with van der Waals surface area (Å²) in [4.78, 5) is 25.4. The molecule has 0 bridgehead atoms. The molecule has 0 aliphatic rings. The van der Waals surface area contributed by atoms with Gasteiger partial charge in [-0.2, -0.15) is 5.10 Å². The maximum Gasteiger partial charge on any atom is 0.343 e. The monoisotopic (exact) mass is 619 g/mol. The van der Waals surface area contributed by atoms with Crippen molar-refractivity contribution < 1.29 is 41.7 Å². The predicted molar refractivity (Wildman–Crippen MR) is 163 cm³/mol. The van der Waals surface area contributed by atoms with Gasteiger partial charge in [-0.3, -0.25) is 9.52 Å². The van der Waals surface area contributed by atoms with Gasteiger partial charge in [-0.25, -0.2) is 18.6 Å². The van der Waals surface area contributed by atoms with Gasteiger partial charge >= 0.3 is 5.97 Å². The Balaban J connectivity index is 1.42. The van der Waals surface area contributed by atoms with Gasteiger partial charge in [0.15, 0.2) is 11.5 Å². The second kappa shape index (κ2) is 14.1. The van der Waals surface area contributed by atoms with Crippen LogP contribution >= 0.6 is 0 Å². The molecule has 0 fully saturated rings. The first kappa shape index (κ1) is 31.4. The Morgan fingerprint density at radius 1 is 0.705 bits per heavy atom. The van der Waals surface area contributed by atoms with E-state index in [0.29, 0.717) is 28.5 Å². The number of anilines is 1. The molecular formula is C31H29N3O9S. The Morgan fingerprint density at radius 2 is 1.39 bits per heavy atom. The van der Waals surface area contributed by atoms with Gasteiger partial charge in [-0.05, 0) is 78.4 Å². The highest BCUT2D eigenvalue weighted by Crippen LogP contribution is 2.30. The third kappa shape index (κ3) is 7.83. The summed E-state index contributed by atoms with van der Waals surface area (Å²) in [5.41, 5.74) is 3.51. The summed E-state index contributed by atoms with van der Waals surface area (Å²) in [6.45, 7) is 0. The van der Waals surface area contributed by atoms with E-state index in [0.717, 1.165) is 0 Å². The van der Waals surface area contributed by atoms with Crippen LogP contribution in [-0.2, 0) is 10.0 Å². The molecule has 0 aliphatic carbocycles. The van der Waals surface area contributed by atoms with Gasteiger partial charge < -0.3 is 23.7 Å². The average molecular weight is 620 g/mol. The number of methoxy groups -OCH3 is 4. The fraction of sp³-hybridized carbons (Fsp3) is 0.129. The topological polar surface area (TPSA) is 151 Å². The van der Waals surface area contributed by atoms with Crippen LogP contribution in [0.1, 0.15) is 26.3 Å². The van der Waals surface area contributed by atoms with Crippen molar-refractivity contribution in [2.24, 2.45) is 5.10 Å². The highest BCUT2D eigenvalue weighted by atomic mass is 32.2. The zero-order valence-corrected chi connectivity index (χ0v) is 25.0. The Labute approximate surface area is 254 Å². The molecule has 0 spiro atoms. The normalized spacial score (nSPS) is 11.0. The Kier molecular flexibility index (Phi) is 10.0. The molecule has 1 amide bonds. The summed E-state index contributed by atoms with van der Waals surface area (Å²) in [5, 5.41) is 3.95. The molecule has 4 rings (SSSR count). The summed E-state index contributed by atoms with van der Waals surface area (Å²) < 4.78 is 54.6. The number of hydrogen-bond acceptors (Lipinski definition) is 10. The van der Waals surface area contributed by atoms with E-state index in [-0.39, 0.29) is 27.5 Å². The largest absolute Gasteiger partial charge is 0.497 e. The van der Waals surface area contributed by atoms with Gasteiger partial charge in [0.2, 0.25) is 0 Å². The minimum atomic E-state index is -3.97. The van der Waals surface area contributed by atoms with Crippen LogP contribution in [0.2, 0.25) is 0 Å². The molecule has 4 aromatic rings. The van der Waals surface area contributed by atoms with E-state index in [9.17, 15) is 18.0 Å². The van der Waals surface area contributed by atoms with Crippen molar-refractivity contribution in [1.82, 2.24) is 5.43 Å². The van der Waals surface area contributed by atoms with Crippen LogP contribution in [0.5, 0.6) is 28.7 Å². The molecule has 12 nitrogen and oxygen atoms in total. The van der Waals surface area contributed by atoms with Crippen molar-refractivity contribution in [3.8, 4) is 28.7 Å². The standard InChI is InChI=1S/C31H29N3O9S/c1-39-24-11-9-23(10-12-24)34-44(37,38)27-7-5-6-21(17-27)30(35)33-32-19-20-8-13-28(29(14-20)42-4)43-31(36)22-15-25(40-2)18-26(16-22)41-3/h5-19,34H,1-4H3,(H,33,35). The zero-order chi connectivity index (χ0) is 31.7. The molecule has 4 aromatic carbocycles. The fourth-order valence-corrected chi connectivity index (χ4v) is 4.94. The second-order valence-electron chi connectivity index (χ2n) is 8.96. The van der Waals surface area contributed by atoms with Crippen molar-refractivity contribution in [2.45, 2.75) is 4.90 Å². The van der Waals surface area contributed by atoms with Gasteiger partial charge in [0.25, 0.3) is 15.9 Å². The Hall–Kier alpha value is -5.56. The lowest BCUT2D eigenvalue weighted by molar-refractivity contribution is 0.0728. The number of esters is 1. The zero-order valence-electron chi connectivity index (χ0n) is 24.2. The summed E-state index contributed by atoms with van der Waals surface area (Å²) in [5.74, 6) is 0.542. The second-order valence-corrected chi connectivity index (χ2v) is 10.6. The van der Waals surface area contributed by atoms with Crippen LogP contribution in [-0.4, -0.2) is 54.9 Å². The number of benzene rings is 4. The number of sulfonamides is 1. The van der Waals surface area contributed by atoms with E-state index in [1.54, 1.807) is 42.5 Å². The number of carbonyl (C=O) groups is 2. The summed E-state index contributed by atoms with van der Waals surface area (Å²) in [6, 6.07) is 21.2. The van der Waals surface area contributed by atoms with E-state index in [1.807, 2.05) is 0 Å². The number of nitrogens with one attached hydrogen (secondary N) is 2. The van der Waals surface area contributed by atoms with Crippen LogP contribution in [0.25, 0.3) is 0 Å². The summed E-state index contributed by atoms with van der Waals surface area (Å²) in [7, 11) is 1.90. The first-order valence-corrected chi connectivity index (χ1v) is 14.4. The lowest BCUT2D eigenvalue weighted by atomic mass is 10.2. The van der Waals surface area contributed by atoms with Crippen LogP contribution in [0.3, 0.4) is 0 Å². The minimum absolute atomic E-state index is 0.0776. The Bertz CT molecular complexity index is 1770. The molecule has 0 unspecified atom stereocenters. The van der Waals surface area contributed by atoms with E-state index >= 15 is 0 Å². The molecule has 0 aromatic heterocycles. The van der Waals surface area contributed by atoms with Crippen molar-refractivity contribution in [2.75, 3.05) is 33.2 Å². The molecule has 13 heteroatoms. The molecule has 0 atom stereocenters. The van der Waals surface area contributed by atoms with E-state index < -0.39 is 21.9 Å². The highest BCUT2D eigenvalue weighted by Gasteiger charge is 2.18. The van der Waals surface area contributed by atoms with Crippen LogP contribution in [0.4, 0.5) is 5.69 Å². The van der Waals surface area contributed by atoms with Gasteiger partial charge in [0.1, 0.15) is 17.2 Å². The molecule has 44 heavy (non-hydrogen) atoms. The van der Waals surface area contributed by atoms with Crippen molar-refractivity contribution >= 4 is 33.8 Å². The first-order chi connectivity index (χ1) is 21.1. The number of ether oxygens (including phenoxy) is 5. The third-order valence-corrected chi connectivity index (χ3v) is 7.48. The summed E-state index contributed by atoms with van der Waals surface area (Å²) >= 11 is 0. The van der Waals surface area contributed by atoms with Gasteiger partial charge in [-0.1, -0.05) is 6.07 Å². The maximum atomic E-state index is 12.9. The number of amides is 1. The SMILES string of the molecule is COc1ccc(NS(=O)(=O)c2cccc(C(=O)NN=Cc3ccc(OC(=O)c4cc(OC)cc(OC)c4)c(OC)c3)c2)cc1. The highest BCUT2D eigenvalue weighted by molar-refractivity contribution is 7.92. The molecule has 0 heterocycles. The summed E-state index contributed by atoms with van der Waals surface area (Å²) in [6.07, 6.45) is 1.35. The number of hydrogen-bond donors (Lipinski definition) is 2. The lowest BCUT2D eigenvalue weighted by Gasteiger charge is -2.11. The maximum absolute atomic E-state index is 12.9.